The summed E-state index contributed by atoms with van der Waals surface area (Å²) in [4.78, 5) is 41.9. The van der Waals surface area contributed by atoms with Gasteiger partial charge in [0, 0.05) is 44.0 Å². The fourth-order valence-electron chi connectivity index (χ4n) is 4.04. The van der Waals surface area contributed by atoms with E-state index in [1.807, 2.05) is 30.5 Å². The Morgan fingerprint density at radius 1 is 1.06 bits per heavy atom. The Morgan fingerprint density at radius 2 is 1.87 bits per heavy atom. The predicted octanol–water partition coefficient (Wildman–Crippen LogP) is 1.11. The van der Waals surface area contributed by atoms with Gasteiger partial charge in [0.1, 0.15) is 6.04 Å². The summed E-state index contributed by atoms with van der Waals surface area (Å²) >= 11 is 0. The monoisotopic (exact) mass is 421 g/mol. The van der Waals surface area contributed by atoms with Crippen LogP contribution < -0.4 is 16.0 Å². The molecule has 0 aliphatic carbocycles. The van der Waals surface area contributed by atoms with Gasteiger partial charge in [0.25, 0.3) is 5.91 Å². The second-order valence-electron chi connectivity index (χ2n) is 7.96. The van der Waals surface area contributed by atoms with E-state index in [-0.39, 0.29) is 24.1 Å². The number of pyridine rings is 1. The standard InChI is InChI=1S/C23H27N5O3/c29-21-7-6-20(22(30)27-21)28-15-18-11-16(4-5-19(18)23(28)31)12-25-9-2-10-26-14-17-3-1-8-24-13-17/h1,3-5,8,11,13,20,25-26H,2,6-7,9-10,12,14-15H2,(H,27,29,30). The summed E-state index contributed by atoms with van der Waals surface area (Å²) in [5.74, 6) is -0.786. The molecule has 0 saturated carbocycles. The smallest absolute Gasteiger partial charge is 0.255 e. The maximum atomic E-state index is 12.7. The Hall–Kier alpha value is -3.10. The third-order valence-corrected chi connectivity index (χ3v) is 5.68. The lowest BCUT2D eigenvalue weighted by atomic mass is 10.0. The van der Waals surface area contributed by atoms with E-state index in [2.05, 4.69) is 27.0 Å². The second-order valence-corrected chi connectivity index (χ2v) is 7.96. The van der Waals surface area contributed by atoms with E-state index >= 15 is 0 Å². The topological polar surface area (TPSA) is 103 Å². The molecular weight excluding hydrogens is 394 g/mol. The van der Waals surface area contributed by atoms with Crippen LogP contribution >= 0.6 is 0 Å². The summed E-state index contributed by atoms with van der Waals surface area (Å²) in [6.07, 6.45) is 5.29. The number of nitrogens with zero attached hydrogens (tertiary/aromatic N) is 2. The molecule has 3 heterocycles. The van der Waals surface area contributed by atoms with E-state index in [1.54, 1.807) is 11.1 Å². The normalized spacial score (nSPS) is 18.3. The molecule has 3 N–H and O–H groups in total. The molecule has 8 heteroatoms. The lowest BCUT2D eigenvalue weighted by Crippen LogP contribution is -2.52. The molecule has 1 aromatic heterocycles. The number of carbonyl (C=O) groups excluding carboxylic acids is 3. The number of aromatic nitrogens is 1. The Morgan fingerprint density at radius 3 is 2.61 bits per heavy atom. The summed E-state index contributed by atoms with van der Waals surface area (Å²) in [6.45, 7) is 3.76. The first kappa shape index (κ1) is 21.1. The summed E-state index contributed by atoms with van der Waals surface area (Å²) in [5.41, 5.74) is 3.87. The van der Waals surface area contributed by atoms with Crippen molar-refractivity contribution in [1.29, 1.82) is 0 Å². The van der Waals surface area contributed by atoms with Crippen molar-refractivity contribution < 1.29 is 14.4 Å². The summed E-state index contributed by atoms with van der Waals surface area (Å²) in [7, 11) is 0. The third-order valence-electron chi connectivity index (χ3n) is 5.68. The van der Waals surface area contributed by atoms with Gasteiger partial charge in [-0.05, 0) is 54.8 Å². The highest BCUT2D eigenvalue weighted by molar-refractivity contribution is 6.05. The van der Waals surface area contributed by atoms with Crippen molar-refractivity contribution in [2.24, 2.45) is 0 Å². The second kappa shape index (κ2) is 9.80. The molecule has 0 radical (unpaired) electrons. The molecule has 3 amide bonds. The molecule has 0 spiro atoms. The molecule has 8 nitrogen and oxygen atoms in total. The molecule has 31 heavy (non-hydrogen) atoms. The van der Waals surface area contributed by atoms with E-state index in [4.69, 9.17) is 0 Å². The van der Waals surface area contributed by atoms with Gasteiger partial charge in [-0.1, -0.05) is 18.2 Å². The molecule has 2 aromatic rings. The van der Waals surface area contributed by atoms with Crippen molar-refractivity contribution in [3.05, 3.63) is 65.0 Å². The number of fused-ring (bicyclic) bond motifs is 1. The largest absolute Gasteiger partial charge is 0.322 e. The van der Waals surface area contributed by atoms with Gasteiger partial charge in [-0.3, -0.25) is 24.7 Å². The van der Waals surface area contributed by atoms with Crippen molar-refractivity contribution in [1.82, 2.24) is 25.8 Å². The first-order valence-electron chi connectivity index (χ1n) is 10.7. The highest BCUT2D eigenvalue weighted by Crippen LogP contribution is 2.28. The molecule has 4 rings (SSSR count). The van der Waals surface area contributed by atoms with E-state index in [1.165, 1.54) is 5.56 Å². The van der Waals surface area contributed by atoms with Crippen molar-refractivity contribution in [3.8, 4) is 0 Å². The number of hydrogen-bond acceptors (Lipinski definition) is 6. The highest BCUT2D eigenvalue weighted by Gasteiger charge is 2.38. The van der Waals surface area contributed by atoms with Gasteiger partial charge in [-0.15, -0.1) is 0 Å². The average molecular weight is 422 g/mol. The van der Waals surface area contributed by atoms with Crippen molar-refractivity contribution in [2.75, 3.05) is 13.1 Å². The van der Waals surface area contributed by atoms with E-state index in [0.29, 0.717) is 18.5 Å². The van der Waals surface area contributed by atoms with Crippen LogP contribution in [0.2, 0.25) is 0 Å². The number of amides is 3. The van der Waals surface area contributed by atoms with Crippen LogP contribution in [0.4, 0.5) is 0 Å². The third kappa shape index (κ3) is 5.15. The van der Waals surface area contributed by atoms with Gasteiger partial charge >= 0.3 is 0 Å². The molecule has 1 aromatic carbocycles. The maximum Gasteiger partial charge on any atom is 0.255 e. The number of benzene rings is 1. The fraction of sp³-hybridized carbons (Fsp3) is 0.391. The molecular formula is C23H27N5O3. The Labute approximate surface area is 181 Å². The first-order valence-corrected chi connectivity index (χ1v) is 10.7. The summed E-state index contributed by atoms with van der Waals surface area (Å²) < 4.78 is 0. The molecule has 1 atom stereocenters. The minimum Gasteiger partial charge on any atom is -0.322 e. The molecule has 2 aliphatic heterocycles. The van der Waals surface area contributed by atoms with Crippen molar-refractivity contribution in [3.63, 3.8) is 0 Å². The minimum absolute atomic E-state index is 0.135. The quantitative estimate of drug-likeness (QED) is 0.414. The van der Waals surface area contributed by atoms with Gasteiger partial charge < -0.3 is 15.5 Å². The fourth-order valence-corrected chi connectivity index (χ4v) is 4.04. The Bertz CT molecular complexity index is 963. The zero-order chi connectivity index (χ0) is 21.6. The van der Waals surface area contributed by atoms with Crippen LogP contribution in [-0.4, -0.2) is 46.7 Å². The number of rotatable bonds is 9. The van der Waals surface area contributed by atoms with Crippen molar-refractivity contribution in [2.45, 2.75) is 44.9 Å². The molecule has 1 saturated heterocycles. The van der Waals surface area contributed by atoms with Crippen LogP contribution in [0.25, 0.3) is 0 Å². The number of carbonyl (C=O) groups is 3. The number of hydrogen-bond donors (Lipinski definition) is 3. The molecule has 1 unspecified atom stereocenters. The van der Waals surface area contributed by atoms with E-state index in [0.717, 1.165) is 43.7 Å². The van der Waals surface area contributed by atoms with Gasteiger partial charge in [0.2, 0.25) is 11.8 Å². The maximum absolute atomic E-state index is 12.7. The zero-order valence-corrected chi connectivity index (χ0v) is 17.4. The zero-order valence-electron chi connectivity index (χ0n) is 17.4. The lowest BCUT2D eigenvalue weighted by molar-refractivity contribution is -0.136. The lowest BCUT2D eigenvalue weighted by Gasteiger charge is -2.29. The van der Waals surface area contributed by atoms with Gasteiger partial charge in [0.05, 0.1) is 0 Å². The average Bonchev–Trinajstić information content (AvgIpc) is 3.09. The van der Waals surface area contributed by atoms with Crippen LogP contribution in [-0.2, 0) is 29.2 Å². The van der Waals surface area contributed by atoms with E-state index < -0.39 is 6.04 Å². The summed E-state index contributed by atoms with van der Waals surface area (Å²) in [6, 6.07) is 9.25. The SMILES string of the molecule is O=C1CCC(N2Cc3cc(CNCCCNCc4cccnc4)ccc3C2=O)C(=O)N1. The predicted molar refractivity (Wildman–Crippen MR) is 115 cm³/mol. The number of piperidine rings is 1. The van der Waals surface area contributed by atoms with Crippen LogP contribution in [0, 0.1) is 0 Å². The van der Waals surface area contributed by atoms with Crippen LogP contribution in [0.15, 0.2) is 42.7 Å². The first-order chi connectivity index (χ1) is 15.1. The van der Waals surface area contributed by atoms with Crippen LogP contribution in [0.5, 0.6) is 0 Å². The number of imide groups is 1. The van der Waals surface area contributed by atoms with Gasteiger partial charge in [-0.2, -0.15) is 0 Å². The number of nitrogens with one attached hydrogen (secondary N) is 3. The van der Waals surface area contributed by atoms with Crippen LogP contribution in [0.1, 0.15) is 46.3 Å². The highest BCUT2D eigenvalue weighted by atomic mass is 16.2. The minimum atomic E-state index is -0.571. The molecule has 2 aliphatic rings. The Balaban J connectivity index is 1.21. The molecule has 1 fully saturated rings. The van der Waals surface area contributed by atoms with Gasteiger partial charge in [0.15, 0.2) is 0 Å². The van der Waals surface area contributed by atoms with Crippen molar-refractivity contribution >= 4 is 17.7 Å². The molecule has 0 bridgehead atoms. The van der Waals surface area contributed by atoms with E-state index in [9.17, 15) is 14.4 Å². The van der Waals surface area contributed by atoms with Crippen LogP contribution in [0.3, 0.4) is 0 Å². The summed E-state index contributed by atoms with van der Waals surface area (Å²) in [5, 5.41) is 9.17. The van der Waals surface area contributed by atoms with Gasteiger partial charge in [-0.25, -0.2) is 0 Å². The molecule has 162 valence electrons. The Kier molecular flexibility index (Phi) is 6.69.